The van der Waals surface area contributed by atoms with Crippen molar-refractivity contribution in [3.05, 3.63) is 54.1 Å². The number of aromatic nitrogens is 3. The Labute approximate surface area is 128 Å². The van der Waals surface area contributed by atoms with Gasteiger partial charge >= 0.3 is 0 Å². The number of benzene rings is 1. The number of methoxy groups -OCH3 is 1. The molecule has 4 nitrogen and oxygen atoms in total. The van der Waals surface area contributed by atoms with Gasteiger partial charge in [-0.25, -0.2) is 4.98 Å². The van der Waals surface area contributed by atoms with Crippen molar-refractivity contribution in [2.24, 2.45) is 0 Å². The number of imidazole rings is 1. The standard InChI is InChI=1S/C16H16ClN3O/c1-11(17)16-19-14-6-5-13(21-2)8-15(14)20(16)10-12-4-3-7-18-9-12/h3-9,11H,10H2,1-2H3. The van der Waals surface area contributed by atoms with E-state index in [-0.39, 0.29) is 5.38 Å². The molecule has 0 aliphatic rings. The molecule has 0 saturated carbocycles. The number of hydrogen-bond acceptors (Lipinski definition) is 3. The average molecular weight is 302 g/mol. The first kappa shape index (κ1) is 13.9. The molecule has 5 heteroatoms. The van der Waals surface area contributed by atoms with Gasteiger partial charge in [-0.2, -0.15) is 0 Å². The Bertz CT molecular complexity index is 753. The fourth-order valence-corrected chi connectivity index (χ4v) is 2.56. The number of pyridine rings is 1. The van der Waals surface area contributed by atoms with E-state index in [0.29, 0.717) is 6.54 Å². The lowest BCUT2D eigenvalue weighted by molar-refractivity contribution is 0.415. The normalized spacial score (nSPS) is 12.5. The number of rotatable bonds is 4. The minimum atomic E-state index is -0.167. The van der Waals surface area contributed by atoms with Crippen molar-refractivity contribution in [3.63, 3.8) is 0 Å². The molecule has 0 aliphatic carbocycles. The molecule has 0 fully saturated rings. The Balaban J connectivity index is 2.14. The highest BCUT2D eigenvalue weighted by Gasteiger charge is 2.15. The molecule has 0 radical (unpaired) electrons. The van der Waals surface area contributed by atoms with Crippen molar-refractivity contribution in [3.8, 4) is 5.75 Å². The van der Waals surface area contributed by atoms with Gasteiger partial charge in [0.25, 0.3) is 0 Å². The summed E-state index contributed by atoms with van der Waals surface area (Å²) in [6.45, 7) is 2.61. The molecule has 0 spiro atoms. The van der Waals surface area contributed by atoms with Crippen LogP contribution in [0.4, 0.5) is 0 Å². The molecule has 0 saturated heterocycles. The van der Waals surface area contributed by atoms with E-state index in [0.717, 1.165) is 28.2 Å². The van der Waals surface area contributed by atoms with Gasteiger partial charge < -0.3 is 9.30 Å². The van der Waals surface area contributed by atoms with Crippen LogP contribution in [-0.2, 0) is 6.54 Å². The van der Waals surface area contributed by atoms with Crippen LogP contribution >= 0.6 is 11.6 Å². The molecule has 21 heavy (non-hydrogen) atoms. The summed E-state index contributed by atoms with van der Waals surface area (Å²) < 4.78 is 7.43. The first-order valence-electron chi connectivity index (χ1n) is 6.76. The summed E-state index contributed by atoms with van der Waals surface area (Å²) in [7, 11) is 1.66. The van der Waals surface area contributed by atoms with E-state index < -0.39 is 0 Å². The maximum atomic E-state index is 6.29. The lowest BCUT2D eigenvalue weighted by atomic mass is 10.2. The molecule has 2 aromatic heterocycles. The molecule has 1 aromatic carbocycles. The first-order valence-corrected chi connectivity index (χ1v) is 7.20. The number of alkyl halides is 1. The first-order chi connectivity index (χ1) is 10.2. The Morgan fingerprint density at radius 3 is 2.86 bits per heavy atom. The number of fused-ring (bicyclic) bond motifs is 1. The molecule has 1 atom stereocenters. The summed E-state index contributed by atoms with van der Waals surface area (Å²) in [5.74, 6) is 1.66. The predicted molar refractivity (Wildman–Crippen MR) is 83.9 cm³/mol. The average Bonchev–Trinajstić information content (AvgIpc) is 2.86. The minimum absolute atomic E-state index is 0.167. The van der Waals surface area contributed by atoms with Crippen molar-refractivity contribution in [2.75, 3.05) is 7.11 Å². The van der Waals surface area contributed by atoms with Crippen LogP contribution in [0.15, 0.2) is 42.7 Å². The molecule has 0 N–H and O–H groups in total. The van der Waals surface area contributed by atoms with Gasteiger partial charge in [-0.1, -0.05) is 6.07 Å². The molecule has 0 amide bonds. The van der Waals surface area contributed by atoms with E-state index in [1.165, 1.54) is 0 Å². The second-order valence-corrected chi connectivity index (χ2v) is 5.54. The van der Waals surface area contributed by atoms with Crippen LogP contribution in [0.25, 0.3) is 11.0 Å². The van der Waals surface area contributed by atoms with E-state index in [1.807, 2.05) is 43.5 Å². The lowest BCUT2D eigenvalue weighted by Gasteiger charge is -2.10. The fraction of sp³-hybridized carbons (Fsp3) is 0.250. The monoisotopic (exact) mass is 301 g/mol. The summed E-state index contributed by atoms with van der Waals surface area (Å²) >= 11 is 6.29. The van der Waals surface area contributed by atoms with Gasteiger partial charge in [0.2, 0.25) is 0 Å². The van der Waals surface area contributed by atoms with Gasteiger partial charge in [0.1, 0.15) is 11.6 Å². The maximum Gasteiger partial charge on any atom is 0.128 e. The smallest absolute Gasteiger partial charge is 0.128 e. The van der Waals surface area contributed by atoms with E-state index in [9.17, 15) is 0 Å². The lowest BCUT2D eigenvalue weighted by Crippen LogP contribution is -2.06. The van der Waals surface area contributed by atoms with Crippen molar-refractivity contribution in [1.82, 2.24) is 14.5 Å². The Kier molecular flexibility index (Phi) is 3.80. The largest absolute Gasteiger partial charge is 0.497 e. The summed E-state index contributed by atoms with van der Waals surface area (Å²) in [4.78, 5) is 8.80. The SMILES string of the molecule is COc1ccc2nc(C(C)Cl)n(Cc3cccnc3)c2c1. The van der Waals surface area contributed by atoms with E-state index in [4.69, 9.17) is 16.3 Å². The quantitative estimate of drug-likeness (QED) is 0.688. The third-order valence-electron chi connectivity index (χ3n) is 3.40. The van der Waals surface area contributed by atoms with Gasteiger partial charge in [-0.15, -0.1) is 11.6 Å². The molecule has 1 unspecified atom stereocenters. The van der Waals surface area contributed by atoms with Crippen LogP contribution in [0.3, 0.4) is 0 Å². The molecular formula is C16H16ClN3O. The van der Waals surface area contributed by atoms with Crippen molar-refractivity contribution in [2.45, 2.75) is 18.8 Å². The second-order valence-electron chi connectivity index (χ2n) is 4.89. The number of hydrogen-bond donors (Lipinski definition) is 0. The van der Waals surface area contributed by atoms with Gasteiger partial charge in [0.05, 0.1) is 30.1 Å². The van der Waals surface area contributed by atoms with E-state index >= 15 is 0 Å². The van der Waals surface area contributed by atoms with Gasteiger partial charge in [0, 0.05) is 18.5 Å². The van der Waals surface area contributed by atoms with Gasteiger partial charge in [0.15, 0.2) is 0 Å². The highest BCUT2D eigenvalue weighted by Crippen LogP contribution is 2.28. The summed E-state index contributed by atoms with van der Waals surface area (Å²) in [5, 5.41) is -0.167. The van der Waals surface area contributed by atoms with Crippen LogP contribution in [0.1, 0.15) is 23.7 Å². The Morgan fingerprint density at radius 1 is 1.33 bits per heavy atom. The van der Waals surface area contributed by atoms with Crippen LogP contribution in [-0.4, -0.2) is 21.6 Å². The molecule has 3 aromatic rings. The molecular weight excluding hydrogens is 286 g/mol. The molecule has 0 aliphatic heterocycles. The third-order valence-corrected chi connectivity index (χ3v) is 3.60. The zero-order valence-corrected chi connectivity index (χ0v) is 12.7. The summed E-state index contributed by atoms with van der Waals surface area (Å²) in [5.41, 5.74) is 3.04. The van der Waals surface area contributed by atoms with E-state index in [2.05, 4.69) is 14.5 Å². The highest BCUT2D eigenvalue weighted by atomic mass is 35.5. The van der Waals surface area contributed by atoms with Crippen LogP contribution in [0, 0.1) is 0 Å². The molecule has 2 heterocycles. The van der Waals surface area contributed by atoms with Crippen molar-refractivity contribution in [1.29, 1.82) is 0 Å². The van der Waals surface area contributed by atoms with Gasteiger partial charge in [-0.05, 0) is 30.7 Å². The van der Waals surface area contributed by atoms with E-state index in [1.54, 1.807) is 13.3 Å². The molecule has 3 rings (SSSR count). The fourth-order valence-electron chi connectivity index (χ4n) is 2.39. The minimum Gasteiger partial charge on any atom is -0.497 e. The highest BCUT2D eigenvalue weighted by molar-refractivity contribution is 6.20. The number of ether oxygens (including phenoxy) is 1. The van der Waals surface area contributed by atoms with Crippen LogP contribution in [0.2, 0.25) is 0 Å². The number of nitrogens with zero attached hydrogens (tertiary/aromatic N) is 3. The maximum absolute atomic E-state index is 6.29. The second kappa shape index (κ2) is 5.74. The predicted octanol–water partition coefficient (Wildman–Crippen LogP) is 3.79. The number of halogens is 1. The van der Waals surface area contributed by atoms with Crippen LogP contribution < -0.4 is 4.74 Å². The molecule has 108 valence electrons. The topological polar surface area (TPSA) is 39.9 Å². The Morgan fingerprint density at radius 2 is 2.19 bits per heavy atom. The Hall–Kier alpha value is -2.07. The summed E-state index contributed by atoms with van der Waals surface area (Å²) in [6.07, 6.45) is 3.62. The van der Waals surface area contributed by atoms with Gasteiger partial charge in [-0.3, -0.25) is 4.98 Å². The zero-order valence-electron chi connectivity index (χ0n) is 12.0. The van der Waals surface area contributed by atoms with Crippen LogP contribution in [0.5, 0.6) is 5.75 Å². The van der Waals surface area contributed by atoms with Crippen molar-refractivity contribution < 1.29 is 4.74 Å². The summed E-state index contributed by atoms with van der Waals surface area (Å²) in [6, 6.07) is 9.82. The van der Waals surface area contributed by atoms with Crippen molar-refractivity contribution >= 4 is 22.6 Å². The third kappa shape index (κ3) is 2.72. The zero-order chi connectivity index (χ0) is 14.8. The molecule has 0 bridgehead atoms.